The fourth-order valence-corrected chi connectivity index (χ4v) is 2.86. The lowest BCUT2D eigenvalue weighted by Crippen LogP contribution is -2.43. The number of rotatable bonds is 6. The van der Waals surface area contributed by atoms with Gasteiger partial charge in [0.25, 0.3) is 5.91 Å². The molecule has 0 spiro atoms. The maximum atomic E-state index is 12.5. The molecule has 0 saturated heterocycles. The minimum Gasteiger partial charge on any atom is -0.467 e. The lowest BCUT2D eigenvalue weighted by molar-refractivity contribution is -0.142. The number of amides is 2. The highest BCUT2D eigenvalue weighted by molar-refractivity contribution is 9.10. The first-order chi connectivity index (χ1) is 12.4. The second-order valence-corrected chi connectivity index (χ2v) is 6.56. The normalized spacial score (nSPS) is 11.3. The van der Waals surface area contributed by atoms with Crippen LogP contribution in [0.15, 0.2) is 53.0 Å². The first kappa shape index (κ1) is 19.7. The molecule has 0 aliphatic carbocycles. The average molecular weight is 419 g/mol. The van der Waals surface area contributed by atoms with Gasteiger partial charge in [-0.2, -0.15) is 0 Å². The van der Waals surface area contributed by atoms with Crippen LogP contribution < -0.4 is 10.6 Å². The number of nitrogens with one attached hydrogen (secondary N) is 2. The number of carbonyl (C=O) groups is 3. The molecule has 0 aromatic heterocycles. The third-order valence-electron chi connectivity index (χ3n) is 3.57. The Balaban J connectivity index is 2.16. The Morgan fingerprint density at radius 2 is 1.85 bits per heavy atom. The molecule has 0 unspecified atom stereocenters. The Hall–Kier alpha value is -2.67. The zero-order valence-electron chi connectivity index (χ0n) is 14.4. The van der Waals surface area contributed by atoms with Crippen LogP contribution in [0.3, 0.4) is 0 Å². The standard InChI is InChI=1S/C19H19BrN2O4/c1-12(23)21-16-8-4-6-14(11-16)18(24)22-17(19(25)26-2)10-13-5-3-7-15(20)9-13/h3-9,11,17H,10H2,1-2H3,(H,21,23)(H,22,24)/t17-/m0/s1. The van der Waals surface area contributed by atoms with Gasteiger partial charge in [-0.15, -0.1) is 0 Å². The van der Waals surface area contributed by atoms with Crippen LogP contribution in [0.5, 0.6) is 0 Å². The van der Waals surface area contributed by atoms with E-state index < -0.39 is 17.9 Å². The molecule has 136 valence electrons. The fourth-order valence-electron chi connectivity index (χ4n) is 2.42. The number of esters is 1. The topological polar surface area (TPSA) is 84.5 Å². The van der Waals surface area contributed by atoms with Crippen molar-refractivity contribution >= 4 is 39.4 Å². The van der Waals surface area contributed by atoms with E-state index in [0.29, 0.717) is 17.7 Å². The Bertz CT molecular complexity index is 823. The summed E-state index contributed by atoms with van der Waals surface area (Å²) in [6.45, 7) is 1.39. The van der Waals surface area contributed by atoms with E-state index in [-0.39, 0.29) is 5.91 Å². The van der Waals surface area contributed by atoms with Crippen LogP contribution in [-0.2, 0) is 20.7 Å². The third-order valence-corrected chi connectivity index (χ3v) is 4.06. The van der Waals surface area contributed by atoms with Crippen LogP contribution in [-0.4, -0.2) is 30.9 Å². The number of hydrogen-bond donors (Lipinski definition) is 2. The summed E-state index contributed by atoms with van der Waals surface area (Å²) < 4.78 is 5.69. The Morgan fingerprint density at radius 3 is 2.50 bits per heavy atom. The van der Waals surface area contributed by atoms with Crippen LogP contribution in [0.2, 0.25) is 0 Å². The summed E-state index contributed by atoms with van der Waals surface area (Å²) in [6, 6.07) is 13.1. The van der Waals surface area contributed by atoms with E-state index in [1.165, 1.54) is 14.0 Å². The monoisotopic (exact) mass is 418 g/mol. The van der Waals surface area contributed by atoms with Crippen LogP contribution in [0.4, 0.5) is 5.69 Å². The molecule has 26 heavy (non-hydrogen) atoms. The van der Waals surface area contributed by atoms with E-state index in [0.717, 1.165) is 10.0 Å². The number of carbonyl (C=O) groups excluding carboxylic acids is 3. The van der Waals surface area contributed by atoms with Gasteiger partial charge in [0, 0.05) is 29.1 Å². The number of methoxy groups -OCH3 is 1. The van der Waals surface area contributed by atoms with Crippen molar-refractivity contribution < 1.29 is 19.1 Å². The third kappa shape index (κ3) is 5.70. The molecule has 2 aromatic rings. The molecule has 1 atom stereocenters. The van der Waals surface area contributed by atoms with Gasteiger partial charge in [-0.05, 0) is 35.9 Å². The molecule has 0 heterocycles. The molecular formula is C19H19BrN2O4. The molecule has 6 nitrogen and oxygen atoms in total. The summed E-state index contributed by atoms with van der Waals surface area (Å²) in [6.07, 6.45) is 0.295. The minimum absolute atomic E-state index is 0.232. The predicted octanol–water partition coefficient (Wildman–Crippen LogP) is 2.92. The highest BCUT2D eigenvalue weighted by atomic mass is 79.9. The number of anilines is 1. The van der Waals surface area contributed by atoms with E-state index in [4.69, 9.17) is 4.74 Å². The molecular weight excluding hydrogens is 400 g/mol. The summed E-state index contributed by atoms with van der Waals surface area (Å²) in [7, 11) is 1.28. The Morgan fingerprint density at radius 1 is 1.12 bits per heavy atom. The van der Waals surface area contributed by atoms with Gasteiger partial charge in [0.1, 0.15) is 6.04 Å². The molecule has 0 aliphatic rings. The maximum absolute atomic E-state index is 12.5. The lowest BCUT2D eigenvalue weighted by Gasteiger charge is -2.17. The average Bonchev–Trinajstić information content (AvgIpc) is 2.60. The van der Waals surface area contributed by atoms with Crippen molar-refractivity contribution in [2.24, 2.45) is 0 Å². The lowest BCUT2D eigenvalue weighted by atomic mass is 10.1. The Kier molecular flexibility index (Phi) is 6.91. The van der Waals surface area contributed by atoms with E-state index in [2.05, 4.69) is 26.6 Å². The SMILES string of the molecule is COC(=O)[C@H](Cc1cccc(Br)c1)NC(=O)c1cccc(NC(C)=O)c1. The van der Waals surface area contributed by atoms with Crippen LogP contribution >= 0.6 is 15.9 Å². The van der Waals surface area contributed by atoms with Crippen LogP contribution in [0.1, 0.15) is 22.8 Å². The highest BCUT2D eigenvalue weighted by Gasteiger charge is 2.23. The van der Waals surface area contributed by atoms with Crippen molar-refractivity contribution in [3.63, 3.8) is 0 Å². The van der Waals surface area contributed by atoms with Crippen molar-refractivity contribution in [3.05, 3.63) is 64.1 Å². The molecule has 7 heteroatoms. The van der Waals surface area contributed by atoms with Crippen molar-refractivity contribution in [1.29, 1.82) is 0 Å². The first-order valence-electron chi connectivity index (χ1n) is 7.90. The van der Waals surface area contributed by atoms with Gasteiger partial charge in [0.2, 0.25) is 5.91 Å². The van der Waals surface area contributed by atoms with Gasteiger partial charge in [0.05, 0.1) is 7.11 Å². The number of halogens is 1. The second-order valence-electron chi connectivity index (χ2n) is 5.65. The zero-order valence-corrected chi connectivity index (χ0v) is 16.0. The largest absolute Gasteiger partial charge is 0.467 e. The van der Waals surface area contributed by atoms with E-state index in [9.17, 15) is 14.4 Å². The van der Waals surface area contributed by atoms with E-state index in [1.54, 1.807) is 24.3 Å². The number of ether oxygens (including phenoxy) is 1. The molecule has 0 fully saturated rings. The van der Waals surface area contributed by atoms with Gasteiger partial charge in [-0.1, -0.05) is 34.1 Å². The van der Waals surface area contributed by atoms with Gasteiger partial charge in [0.15, 0.2) is 0 Å². The van der Waals surface area contributed by atoms with Gasteiger partial charge >= 0.3 is 5.97 Å². The summed E-state index contributed by atoms with van der Waals surface area (Å²) in [5.41, 5.74) is 1.72. The highest BCUT2D eigenvalue weighted by Crippen LogP contribution is 2.15. The summed E-state index contributed by atoms with van der Waals surface area (Å²) in [5.74, 6) is -1.19. The smallest absolute Gasteiger partial charge is 0.328 e. The summed E-state index contributed by atoms with van der Waals surface area (Å²) in [4.78, 5) is 35.8. The predicted molar refractivity (Wildman–Crippen MR) is 102 cm³/mol. The summed E-state index contributed by atoms with van der Waals surface area (Å²) >= 11 is 3.38. The molecule has 2 aromatic carbocycles. The summed E-state index contributed by atoms with van der Waals surface area (Å²) in [5, 5.41) is 5.31. The van der Waals surface area contributed by atoms with Crippen molar-refractivity contribution in [2.75, 3.05) is 12.4 Å². The second kappa shape index (κ2) is 9.15. The molecule has 0 radical (unpaired) electrons. The van der Waals surface area contributed by atoms with Gasteiger partial charge in [-0.3, -0.25) is 9.59 Å². The Labute approximate surface area is 160 Å². The zero-order chi connectivity index (χ0) is 19.1. The molecule has 2 N–H and O–H groups in total. The molecule has 0 saturated carbocycles. The van der Waals surface area contributed by atoms with Crippen molar-refractivity contribution in [2.45, 2.75) is 19.4 Å². The maximum Gasteiger partial charge on any atom is 0.328 e. The van der Waals surface area contributed by atoms with Crippen LogP contribution in [0, 0.1) is 0 Å². The fraction of sp³-hybridized carbons (Fsp3) is 0.211. The molecule has 2 amide bonds. The van der Waals surface area contributed by atoms with Gasteiger partial charge in [-0.25, -0.2) is 4.79 Å². The first-order valence-corrected chi connectivity index (χ1v) is 8.69. The van der Waals surface area contributed by atoms with E-state index in [1.807, 2.05) is 24.3 Å². The van der Waals surface area contributed by atoms with Crippen molar-refractivity contribution in [3.8, 4) is 0 Å². The number of benzene rings is 2. The molecule has 0 aliphatic heterocycles. The van der Waals surface area contributed by atoms with Crippen molar-refractivity contribution in [1.82, 2.24) is 5.32 Å². The quantitative estimate of drug-likeness (QED) is 0.706. The van der Waals surface area contributed by atoms with E-state index >= 15 is 0 Å². The minimum atomic E-state index is -0.828. The van der Waals surface area contributed by atoms with Crippen LogP contribution in [0.25, 0.3) is 0 Å². The number of hydrogen-bond acceptors (Lipinski definition) is 4. The van der Waals surface area contributed by atoms with Gasteiger partial charge < -0.3 is 15.4 Å². The molecule has 2 rings (SSSR count). The molecule has 0 bridgehead atoms.